The summed E-state index contributed by atoms with van der Waals surface area (Å²) in [4.78, 5) is 3.73. The number of rotatable bonds is 1. The maximum absolute atomic E-state index is 13.8. The maximum Gasteiger partial charge on any atom is 0.206 e. The zero-order valence-corrected chi connectivity index (χ0v) is 9.87. The van der Waals surface area contributed by atoms with Crippen LogP contribution in [0, 0.1) is 23.3 Å². The van der Waals surface area contributed by atoms with Crippen molar-refractivity contribution in [1.29, 1.82) is 0 Å². The summed E-state index contributed by atoms with van der Waals surface area (Å²) in [5.74, 6) is -4.33. The molecule has 2 N–H and O–H groups in total. The molecule has 0 bridgehead atoms. The normalized spacial score (nSPS) is 11.2. The number of nitrogens with zero attached hydrogens (tertiary/aromatic N) is 2. The number of hydrogen-bond acceptors (Lipinski definition) is 2. The third-order valence-corrected chi connectivity index (χ3v) is 2.87. The van der Waals surface area contributed by atoms with Gasteiger partial charge >= 0.3 is 0 Å². The van der Waals surface area contributed by atoms with Crippen molar-refractivity contribution in [3.05, 3.63) is 53.6 Å². The number of nitrogens with two attached hydrogens (primary N) is 1. The highest BCUT2D eigenvalue weighted by Gasteiger charge is 2.20. The molecule has 0 amide bonds. The Morgan fingerprint density at radius 3 is 2.25 bits per heavy atom. The average Bonchev–Trinajstić information content (AvgIpc) is 2.67. The first-order valence-electron chi connectivity index (χ1n) is 5.56. The summed E-state index contributed by atoms with van der Waals surface area (Å²) in [7, 11) is 0. The predicted octanol–water partition coefficient (Wildman–Crippen LogP) is 3.16. The van der Waals surface area contributed by atoms with Gasteiger partial charge in [-0.05, 0) is 12.1 Å². The predicted molar refractivity (Wildman–Crippen MR) is 65.3 cm³/mol. The lowest BCUT2D eigenvalue weighted by Crippen LogP contribution is -2.06. The first-order chi connectivity index (χ1) is 9.49. The van der Waals surface area contributed by atoms with E-state index in [2.05, 4.69) is 4.98 Å². The van der Waals surface area contributed by atoms with Gasteiger partial charge in [-0.3, -0.25) is 4.57 Å². The second-order valence-electron chi connectivity index (χ2n) is 4.13. The van der Waals surface area contributed by atoms with E-state index in [1.165, 1.54) is 12.1 Å². The van der Waals surface area contributed by atoms with Crippen LogP contribution in [-0.2, 0) is 0 Å². The fourth-order valence-corrected chi connectivity index (χ4v) is 2.07. The number of para-hydroxylation sites is 1. The van der Waals surface area contributed by atoms with Crippen molar-refractivity contribution < 1.29 is 17.6 Å². The molecule has 0 unspecified atom stereocenters. The van der Waals surface area contributed by atoms with E-state index in [1.54, 1.807) is 0 Å². The number of imidazole rings is 1. The molecule has 3 aromatic rings. The Kier molecular flexibility index (Phi) is 2.63. The van der Waals surface area contributed by atoms with Gasteiger partial charge in [-0.15, -0.1) is 0 Å². The number of halogens is 4. The van der Waals surface area contributed by atoms with Crippen LogP contribution in [0.3, 0.4) is 0 Å². The molecular formula is C13H7F4N3. The summed E-state index contributed by atoms with van der Waals surface area (Å²) in [5, 5.41) is 0. The summed E-state index contributed by atoms with van der Waals surface area (Å²) in [6.07, 6.45) is 0. The molecule has 102 valence electrons. The minimum atomic E-state index is -1.15. The van der Waals surface area contributed by atoms with Crippen LogP contribution in [-0.4, -0.2) is 9.55 Å². The Labute approximate surface area is 110 Å². The van der Waals surface area contributed by atoms with Gasteiger partial charge in [0.1, 0.15) is 17.0 Å². The lowest BCUT2D eigenvalue weighted by atomic mass is 10.2. The van der Waals surface area contributed by atoms with Crippen LogP contribution in [0.15, 0.2) is 30.3 Å². The zero-order chi connectivity index (χ0) is 14.4. The molecule has 20 heavy (non-hydrogen) atoms. The summed E-state index contributed by atoms with van der Waals surface area (Å²) < 4.78 is 55.0. The van der Waals surface area contributed by atoms with E-state index in [-0.39, 0.29) is 17.0 Å². The van der Waals surface area contributed by atoms with Crippen LogP contribution in [0.1, 0.15) is 0 Å². The number of benzene rings is 2. The monoisotopic (exact) mass is 281 g/mol. The minimum Gasteiger partial charge on any atom is -0.369 e. The van der Waals surface area contributed by atoms with Gasteiger partial charge < -0.3 is 5.73 Å². The number of aromatic nitrogens is 2. The first kappa shape index (κ1) is 12.5. The van der Waals surface area contributed by atoms with Gasteiger partial charge in [0.15, 0.2) is 17.5 Å². The fraction of sp³-hybridized carbons (Fsp3) is 0. The Balaban J connectivity index is 2.42. The van der Waals surface area contributed by atoms with Gasteiger partial charge in [0.05, 0.1) is 5.52 Å². The standard InChI is InChI=1S/C13H7F4N3/c14-6-4-8(16)12(9(17)5-6)20-10-3-1-2-7(15)11(10)19-13(20)18/h1-5H,(H2,18,19). The maximum atomic E-state index is 13.8. The Bertz CT molecular complexity index is 803. The van der Waals surface area contributed by atoms with Crippen LogP contribution >= 0.6 is 0 Å². The number of fused-ring (bicyclic) bond motifs is 1. The molecule has 0 saturated carbocycles. The fourth-order valence-electron chi connectivity index (χ4n) is 2.07. The molecule has 0 atom stereocenters. The molecule has 0 radical (unpaired) electrons. The average molecular weight is 281 g/mol. The van der Waals surface area contributed by atoms with E-state index in [9.17, 15) is 17.6 Å². The van der Waals surface area contributed by atoms with Gasteiger partial charge in [-0.1, -0.05) is 6.07 Å². The van der Waals surface area contributed by atoms with Gasteiger partial charge in [0.25, 0.3) is 0 Å². The van der Waals surface area contributed by atoms with Gasteiger partial charge in [0, 0.05) is 12.1 Å². The molecular weight excluding hydrogens is 274 g/mol. The molecule has 0 saturated heterocycles. The van der Waals surface area contributed by atoms with E-state index in [1.807, 2.05) is 0 Å². The molecule has 0 spiro atoms. The van der Waals surface area contributed by atoms with Crippen molar-refractivity contribution in [2.45, 2.75) is 0 Å². The SMILES string of the molecule is Nc1nc2c(F)cccc2n1-c1c(F)cc(F)cc1F. The van der Waals surface area contributed by atoms with Gasteiger partial charge in [-0.2, -0.15) is 0 Å². The minimum absolute atomic E-state index is 0.0897. The van der Waals surface area contributed by atoms with Gasteiger partial charge in [0.2, 0.25) is 5.95 Å². The van der Waals surface area contributed by atoms with E-state index in [0.717, 1.165) is 10.6 Å². The quantitative estimate of drug-likeness (QED) is 0.696. The lowest BCUT2D eigenvalue weighted by molar-refractivity contribution is 0.536. The Morgan fingerprint density at radius 1 is 0.950 bits per heavy atom. The molecule has 3 nitrogen and oxygen atoms in total. The molecule has 0 fully saturated rings. The topological polar surface area (TPSA) is 43.8 Å². The molecule has 1 heterocycles. The molecule has 0 aliphatic rings. The molecule has 0 aliphatic carbocycles. The number of anilines is 1. The van der Waals surface area contributed by atoms with Crippen LogP contribution in [0.5, 0.6) is 0 Å². The van der Waals surface area contributed by atoms with Crippen LogP contribution in [0.2, 0.25) is 0 Å². The molecule has 1 aromatic heterocycles. The second-order valence-corrected chi connectivity index (χ2v) is 4.13. The van der Waals surface area contributed by atoms with Crippen LogP contribution < -0.4 is 5.73 Å². The zero-order valence-electron chi connectivity index (χ0n) is 9.87. The summed E-state index contributed by atoms with van der Waals surface area (Å²) in [5.41, 5.74) is 4.96. The van der Waals surface area contributed by atoms with Crippen molar-refractivity contribution in [2.24, 2.45) is 0 Å². The molecule has 0 aliphatic heterocycles. The van der Waals surface area contributed by atoms with Crippen molar-refractivity contribution >= 4 is 17.0 Å². The van der Waals surface area contributed by atoms with E-state index in [4.69, 9.17) is 5.73 Å². The first-order valence-corrected chi connectivity index (χ1v) is 5.56. The van der Waals surface area contributed by atoms with Crippen molar-refractivity contribution in [3.8, 4) is 5.69 Å². The largest absolute Gasteiger partial charge is 0.369 e. The van der Waals surface area contributed by atoms with Gasteiger partial charge in [-0.25, -0.2) is 22.5 Å². The smallest absolute Gasteiger partial charge is 0.206 e. The third-order valence-electron chi connectivity index (χ3n) is 2.87. The molecule has 2 aromatic carbocycles. The van der Waals surface area contributed by atoms with Crippen molar-refractivity contribution in [3.63, 3.8) is 0 Å². The number of hydrogen-bond donors (Lipinski definition) is 1. The van der Waals surface area contributed by atoms with E-state index in [0.29, 0.717) is 12.1 Å². The highest BCUT2D eigenvalue weighted by Crippen LogP contribution is 2.28. The van der Waals surface area contributed by atoms with Crippen molar-refractivity contribution in [2.75, 3.05) is 5.73 Å². The Morgan fingerprint density at radius 2 is 1.60 bits per heavy atom. The van der Waals surface area contributed by atoms with Crippen LogP contribution in [0.25, 0.3) is 16.7 Å². The Hall–Kier alpha value is -2.57. The molecule has 3 rings (SSSR count). The number of nitrogen functional groups attached to an aromatic ring is 1. The summed E-state index contributed by atoms with van der Waals surface area (Å²) in [6, 6.07) is 4.95. The van der Waals surface area contributed by atoms with Crippen LogP contribution in [0.4, 0.5) is 23.5 Å². The van der Waals surface area contributed by atoms with Crippen molar-refractivity contribution in [1.82, 2.24) is 9.55 Å². The van der Waals surface area contributed by atoms with E-state index >= 15 is 0 Å². The molecule has 7 heteroatoms. The van der Waals surface area contributed by atoms with E-state index < -0.39 is 29.0 Å². The second kappa shape index (κ2) is 4.22. The summed E-state index contributed by atoms with van der Waals surface area (Å²) in [6.45, 7) is 0. The highest BCUT2D eigenvalue weighted by molar-refractivity contribution is 5.81. The lowest BCUT2D eigenvalue weighted by Gasteiger charge is -2.09. The third kappa shape index (κ3) is 1.70. The summed E-state index contributed by atoms with van der Waals surface area (Å²) >= 11 is 0. The highest BCUT2D eigenvalue weighted by atomic mass is 19.1.